The van der Waals surface area contributed by atoms with Crippen molar-refractivity contribution in [1.82, 2.24) is 10.2 Å². The van der Waals surface area contributed by atoms with Gasteiger partial charge in [-0.3, -0.25) is 24.5 Å². The van der Waals surface area contributed by atoms with Gasteiger partial charge in [0.05, 0.1) is 6.42 Å². The van der Waals surface area contributed by atoms with Gasteiger partial charge in [-0.15, -0.1) is 0 Å². The number of piperazine rings is 1. The Hall–Kier alpha value is -1.92. The molecular weight excluding hydrogens is 228 g/mol. The number of rotatable bonds is 3. The molecule has 0 aromatic rings. The summed E-state index contributed by atoms with van der Waals surface area (Å²) in [6.45, 7) is 2.79. The number of aliphatic carboxylic acids is 1. The smallest absolute Gasteiger partial charge is 0.303 e. The van der Waals surface area contributed by atoms with E-state index in [4.69, 9.17) is 5.11 Å². The molecule has 0 aliphatic carbocycles. The highest BCUT2D eigenvalue weighted by atomic mass is 16.4. The molecule has 3 amide bonds. The van der Waals surface area contributed by atoms with E-state index in [1.807, 2.05) is 0 Å². The van der Waals surface area contributed by atoms with E-state index in [-0.39, 0.29) is 19.4 Å². The van der Waals surface area contributed by atoms with Crippen molar-refractivity contribution in [3.05, 3.63) is 0 Å². The molecule has 1 fully saturated rings. The summed E-state index contributed by atoms with van der Waals surface area (Å²) in [6, 6.07) is 0. The van der Waals surface area contributed by atoms with E-state index < -0.39 is 29.2 Å². The molecule has 7 heteroatoms. The number of nitrogens with zero attached hydrogens (tertiary/aromatic N) is 1. The Morgan fingerprint density at radius 3 is 2.47 bits per heavy atom. The number of amides is 3. The van der Waals surface area contributed by atoms with Crippen molar-refractivity contribution in [3.63, 3.8) is 0 Å². The van der Waals surface area contributed by atoms with Gasteiger partial charge in [0.1, 0.15) is 12.1 Å². The minimum absolute atomic E-state index is 0.223. The number of carbonyl (C=O) groups is 4. The molecule has 0 radical (unpaired) electrons. The van der Waals surface area contributed by atoms with Gasteiger partial charge in [-0.25, -0.2) is 0 Å². The number of carbonyl (C=O) groups excluding carboxylic acids is 3. The summed E-state index contributed by atoms with van der Waals surface area (Å²) in [7, 11) is 0. The molecule has 1 saturated heterocycles. The molecule has 0 bridgehead atoms. The van der Waals surface area contributed by atoms with Crippen molar-refractivity contribution >= 4 is 23.7 Å². The standard InChI is InChI=1S/C10H14N2O5/c1-10(2)9(17)11-6(13)5-12(10)7(14)3-4-8(15)16/h3-5H2,1-2H3,(H,15,16)(H,11,13,17). The second-order valence-corrected chi connectivity index (χ2v) is 4.31. The highest BCUT2D eigenvalue weighted by molar-refractivity contribution is 6.06. The van der Waals surface area contributed by atoms with Crippen LogP contribution in [0.5, 0.6) is 0 Å². The third-order valence-corrected chi connectivity index (χ3v) is 2.64. The average molecular weight is 242 g/mol. The van der Waals surface area contributed by atoms with Gasteiger partial charge >= 0.3 is 5.97 Å². The van der Waals surface area contributed by atoms with Crippen LogP contribution >= 0.6 is 0 Å². The van der Waals surface area contributed by atoms with Crippen LogP contribution in [0.3, 0.4) is 0 Å². The van der Waals surface area contributed by atoms with Gasteiger partial charge in [-0.2, -0.15) is 0 Å². The van der Waals surface area contributed by atoms with Crippen molar-refractivity contribution in [2.45, 2.75) is 32.2 Å². The molecule has 0 unspecified atom stereocenters. The first-order valence-corrected chi connectivity index (χ1v) is 5.11. The zero-order chi connectivity index (χ0) is 13.2. The minimum atomic E-state index is -1.14. The molecule has 94 valence electrons. The summed E-state index contributed by atoms with van der Waals surface area (Å²) in [5.41, 5.74) is -1.14. The summed E-state index contributed by atoms with van der Waals surface area (Å²) in [6.07, 6.45) is -0.541. The fourth-order valence-corrected chi connectivity index (χ4v) is 1.53. The zero-order valence-corrected chi connectivity index (χ0v) is 9.65. The Morgan fingerprint density at radius 2 is 1.94 bits per heavy atom. The number of carboxylic acids is 1. The van der Waals surface area contributed by atoms with Gasteiger partial charge < -0.3 is 10.0 Å². The van der Waals surface area contributed by atoms with Crippen molar-refractivity contribution < 1.29 is 24.3 Å². The number of hydrogen-bond donors (Lipinski definition) is 2. The van der Waals surface area contributed by atoms with Gasteiger partial charge in [0, 0.05) is 6.42 Å². The molecule has 17 heavy (non-hydrogen) atoms. The summed E-state index contributed by atoms with van der Waals surface area (Å²) in [4.78, 5) is 45.9. The maximum Gasteiger partial charge on any atom is 0.303 e. The number of carboxylic acid groups (broad SMARTS) is 1. The molecule has 0 aromatic heterocycles. The van der Waals surface area contributed by atoms with E-state index in [0.29, 0.717) is 0 Å². The molecule has 0 spiro atoms. The molecule has 0 aromatic carbocycles. The minimum Gasteiger partial charge on any atom is -0.481 e. The predicted octanol–water partition coefficient (Wildman–Crippen LogP) is -0.885. The van der Waals surface area contributed by atoms with Crippen molar-refractivity contribution in [1.29, 1.82) is 0 Å². The lowest BCUT2D eigenvalue weighted by atomic mass is 9.98. The average Bonchev–Trinajstić information content (AvgIpc) is 2.20. The second-order valence-electron chi connectivity index (χ2n) is 4.31. The first-order chi connectivity index (χ1) is 7.75. The second kappa shape index (κ2) is 4.52. The van der Waals surface area contributed by atoms with Gasteiger partial charge in [-0.05, 0) is 13.8 Å². The predicted molar refractivity (Wildman–Crippen MR) is 55.8 cm³/mol. The molecule has 1 rings (SSSR count). The molecule has 1 aliphatic rings. The highest BCUT2D eigenvalue weighted by Gasteiger charge is 2.43. The van der Waals surface area contributed by atoms with E-state index in [9.17, 15) is 19.2 Å². The molecular formula is C10H14N2O5. The third-order valence-electron chi connectivity index (χ3n) is 2.64. The van der Waals surface area contributed by atoms with Crippen LogP contribution in [0.25, 0.3) is 0 Å². The lowest BCUT2D eigenvalue weighted by Gasteiger charge is -2.40. The van der Waals surface area contributed by atoms with Crippen LogP contribution < -0.4 is 5.32 Å². The van der Waals surface area contributed by atoms with Crippen molar-refractivity contribution in [2.24, 2.45) is 0 Å². The van der Waals surface area contributed by atoms with Gasteiger partial charge in [0.2, 0.25) is 11.8 Å². The Bertz CT molecular complexity index is 388. The van der Waals surface area contributed by atoms with E-state index in [1.165, 1.54) is 13.8 Å². The third kappa shape index (κ3) is 2.80. The van der Waals surface area contributed by atoms with Gasteiger partial charge in [0.25, 0.3) is 5.91 Å². The lowest BCUT2D eigenvalue weighted by molar-refractivity contribution is -0.156. The number of nitrogens with one attached hydrogen (secondary N) is 1. The maximum absolute atomic E-state index is 11.7. The normalized spacial score (nSPS) is 18.8. The van der Waals surface area contributed by atoms with E-state index in [2.05, 4.69) is 5.32 Å². The summed E-state index contributed by atoms with van der Waals surface area (Å²) in [5, 5.41) is 10.6. The van der Waals surface area contributed by atoms with E-state index >= 15 is 0 Å². The Morgan fingerprint density at radius 1 is 1.35 bits per heavy atom. The Balaban J connectivity index is 2.79. The lowest BCUT2D eigenvalue weighted by Crippen LogP contribution is -2.65. The molecule has 2 N–H and O–H groups in total. The first-order valence-electron chi connectivity index (χ1n) is 5.11. The zero-order valence-electron chi connectivity index (χ0n) is 9.65. The van der Waals surface area contributed by atoms with E-state index in [1.54, 1.807) is 0 Å². The van der Waals surface area contributed by atoms with Gasteiger partial charge in [0.15, 0.2) is 0 Å². The molecule has 0 atom stereocenters. The van der Waals surface area contributed by atoms with Crippen LogP contribution in [-0.2, 0) is 19.2 Å². The van der Waals surface area contributed by atoms with Crippen molar-refractivity contribution in [3.8, 4) is 0 Å². The molecule has 0 saturated carbocycles. The van der Waals surface area contributed by atoms with Crippen LogP contribution in [0.1, 0.15) is 26.7 Å². The number of hydrogen-bond acceptors (Lipinski definition) is 4. The Labute approximate surface area is 97.8 Å². The van der Waals surface area contributed by atoms with Crippen LogP contribution in [0.15, 0.2) is 0 Å². The first kappa shape index (κ1) is 13.1. The molecule has 7 nitrogen and oxygen atoms in total. The quantitative estimate of drug-likeness (QED) is 0.625. The summed E-state index contributed by atoms with van der Waals surface area (Å²) >= 11 is 0. The highest BCUT2D eigenvalue weighted by Crippen LogP contribution is 2.19. The molecule has 1 aliphatic heterocycles. The van der Waals surface area contributed by atoms with Crippen LogP contribution in [0, 0.1) is 0 Å². The van der Waals surface area contributed by atoms with Crippen molar-refractivity contribution in [2.75, 3.05) is 6.54 Å². The van der Waals surface area contributed by atoms with Crippen LogP contribution in [0.2, 0.25) is 0 Å². The largest absolute Gasteiger partial charge is 0.481 e. The summed E-state index contributed by atoms with van der Waals surface area (Å²) in [5.74, 6) is -2.72. The van der Waals surface area contributed by atoms with Crippen LogP contribution in [0.4, 0.5) is 0 Å². The fourth-order valence-electron chi connectivity index (χ4n) is 1.53. The fraction of sp³-hybridized carbons (Fsp3) is 0.600. The molecule has 1 heterocycles. The summed E-state index contributed by atoms with van der Waals surface area (Å²) < 4.78 is 0. The number of imide groups is 1. The Kier molecular flexibility index (Phi) is 3.50. The topological polar surface area (TPSA) is 104 Å². The van der Waals surface area contributed by atoms with E-state index in [0.717, 1.165) is 4.90 Å². The monoisotopic (exact) mass is 242 g/mol. The SMILES string of the molecule is CC1(C)C(=O)NC(=O)CN1C(=O)CCC(=O)O. The van der Waals surface area contributed by atoms with Crippen LogP contribution in [-0.4, -0.2) is 45.8 Å². The maximum atomic E-state index is 11.7. The van der Waals surface area contributed by atoms with Gasteiger partial charge in [-0.1, -0.05) is 0 Å².